The quantitative estimate of drug-likeness (QED) is 0.234. The maximum atomic E-state index is 12.1. The molecular weight excluding hydrogens is 400 g/mol. The Morgan fingerprint density at radius 2 is 1.81 bits per heavy atom. The zero-order chi connectivity index (χ0) is 23.8. The van der Waals surface area contributed by atoms with Gasteiger partial charge in [0.1, 0.15) is 11.9 Å². The number of aliphatic hydroxyl groups is 5. The first kappa shape index (κ1) is 27.3. The average Bonchev–Trinajstić information content (AvgIpc) is 2.94. The van der Waals surface area contributed by atoms with E-state index in [0.717, 1.165) is 5.57 Å². The summed E-state index contributed by atoms with van der Waals surface area (Å²) >= 11 is 0. The minimum atomic E-state index is -2.27. The third-order valence-corrected chi connectivity index (χ3v) is 5.52. The van der Waals surface area contributed by atoms with Crippen LogP contribution in [0.5, 0.6) is 0 Å². The second kappa shape index (κ2) is 12.3. The van der Waals surface area contributed by atoms with E-state index in [1.165, 1.54) is 13.8 Å². The number of rotatable bonds is 12. The topological polar surface area (TPSA) is 127 Å². The van der Waals surface area contributed by atoms with Crippen LogP contribution >= 0.6 is 0 Å². The van der Waals surface area contributed by atoms with Crippen molar-refractivity contribution in [2.24, 2.45) is 5.92 Å². The highest BCUT2D eigenvalue weighted by molar-refractivity contribution is 6.03. The van der Waals surface area contributed by atoms with E-state index in [0.29, 0.717) is 19.3 Å². The van der Waals surface area contributed by atoms with Crippen molar-refractivity contribution in [3.63, 3.8) is 0 Å². The van der Waals surface area contributed by atoms with Crippen LogP contribution < -0.4 is 0 Å². The monoisotopic (exact) mass is 438 g/mol. The SMILES string of the molecule is CC[C@@H](O)/C=C(\C)[C@@H](O)[C@H](C)/C=C/C=C/CC[C@@H](O)CC1=C(C)C(=O)[C@](O)([C@@H](C)O)O1. The molecular formula is C24H38O7. The van der Waals surface area contributed by atoms with E-state index in [1.54, 1.807) is 13.0 Å². The van der Waals surface area contributed by atoms with Gasteiger partial charge in [0.15, 0.2) is 0 Å². The fourth-order valence-corrected chi connectivity index (χ4v) is 3.23. The third kappa shape index (κ3) is 7.70. The van der Waals surface area contributed by atoms with Crippen molar-refractivity contribution >= 4 is 5.78 Å². The fraction of sp³-hybridized carbons (Fsp3) is 0.625. The van der Waals surface area contributed by atoms with E-state index in [2.05, 4.69) is 0 Å². The molecule has 1 aliphatic heterocycles. The van der Waals surface area contributed by atoms with Crippen LogP contribution in [0, 0.1) is 5.92 Å². The zero-order valence-corrected chi connectivity index (χ0v) is 19.2. The van der Waals surface area contributed by atoms with Crippen LogP contribution in [0.15, 0.2) is 47.3 Å². The highest BCUT2D eigenvalue weighted by Gasteiger charge is 2.50. The Hall–Kier alpha value is -1.77. The van der Waals surface area contributed by atoms with Crippen LogP contribution in [0.1, 0.15) is 60.3 Å². The molecule has 6 atom stereocenters. The molecule has 0 aromatic rings. The zero-order valence-electron chi connectivity index (χ0n) is 19.2. The van der Waals surface area contributed by atoms with E-state index in [1.807, 2.05) is 38.2 Å². The van der Waals surface area contributed by atoms with Gasteiger partial charge in [-0.25, -0.2) is 0 Å². The van der Waals surface area contributed by atoms with Gasteiger partial charge in [-0.05, 0) is 45.6 Å². The maximum Gasteiger partial charge on any atom is 0.298 e. The van der Waals surface area contributed by atoms with Gasteiger partial charge in [0.25, 0.3) is 5.79 Å². The summed E-state index contributed by atoms with van der Waals surface area (Å²) in [6.45, 7) is 8.34. The summed E-state index contributed by atoms with van der Waals surface area (Å²) < 4.78 is 5.25. The molecule has 5 N–H and O–H groups in total. The highest BCUT2D eigenvalue weighted by atomic mass is 16.6. The van der Waals surface area contributed by atoms with Gasteiger partial charge in [-0.2, -0.15) is 0 Å². The molecule has 0 aromatic carbocycles. The molecule has 7 heteroatoms. The van der Waals surface area contributed by atoms with Gasteiger partial charge in [-0.15, -0.1) is 0 Å². The van der Waals surface area contributed by atoms with Crippen molar-refractivity contribution in [2.45, 2.75) is 90.5 Å². The van der Waals surface area contributed by atoms with Crippen LogP contribution in [-0.4, -0.2) is 61.5 Å². The number of Topliss-reactive ketones (excluding diaryl/α,β-unsaturated/α-hetero) is 1. The predicted molar refractivity (Wildman–Crippen MR) is 119 cm³/mol. The molecule has 0 aromatic heterocycles. The summed E-state index contributed by atoms with van der Waals surface area (Å²) in [4.78, 5) is 12.1. The number of carbonyl (C=O) groups is 1. The first-order valence-electron chi connectivity index (χ1n) is 10.8. The van der Waals surface area contributed by atoms with Crippen molar-refractivity contribution in [1.82, 2.24) is 0 Å². The molecule has 176 valence electrons. The minimum absolute atomic E-state index is 0.0781. The molecule has 0 bridgehead atoms. The highest BCUT2D eigenvalue weighted by Crippen LogP contribution is 2.34. The van der Waals surface area contributed by atoms with Crippen molar-refractivity contribution in [3.8, 4) is 0 Å². The molecule has 0 radical (unpaired) electrons. The van der Waals surface area contributed by atoms with E-state index >= 15 is 0 Å². The average molecular weight is 439 g/mol. The van der Waals surface area contributed by atoms with Crippen LogP contribution in [0.4, 0.5) is 0 Å². The maximum absolute atomic E-state index is 12.1. The second-order valence-corrected chi connectivity index (χ2v) is 8.29. The Morgan fingerprint density at radius 3 is 2.35 bits per heavy atom. The number of carbonyl (C=O) groups excluding carboxylic acids is 1. The summed E-state index contributed by atoms with van der Waals surface area (Å²) in [7, 11) is 0. The van der Waals surface area contributed by atoms with Crippen molar-refractivity contribution < 1.29 is 35.1 Å². The standard InChI is InChI=1S/C24H38O7/c1-6-19(26)13-16(3)22(28)15(2)11-9-7-8-10-12-20(27)14-21-17(4)23(29)24(30,31-21)18(5)25/h7-9,11,13,15,18-20,22,25-28,30H,6,10,12,14H2,1-5H3/b8-7+,11-9+,16-13+/t15-,18-,19-,20-,22+,24+/m1/s1. The number of allylic oxidation sites excluding steroid dienone is 3. The molecule has 0 fully saturated rings. The summed E-state index contributed by atoms with van der Waals surface area (Å²) in [5.41, 5.74) is 0.947. The second-order valence-electron chi connectivity index (χ2n) is 8.29. The lowest BCUT2D eigenvalue weighted by molar-refractivity contribution is -0.213. The largest absolute Gasteiger partial charge is 0.456 e. The minimum Gasteiger partial charge on any atom is -0.456 e. The number of hydrogen-bond acceptors (Lipinski definition) is 7. The molecule has 31 heavy (non-hydrogen) atoms. The predicted octanol–water partition coefficient (Wildman–Crippen LogP) is 2.29. The van der Waals surface area contributed by atoms with E-state index in [9.17, 15) is 30.3 Å². The van der Waals surface area contributed by atoms with Gasteiger partial charge >= 0.3 is 0 Å². The lowest BCUT2D eigenvalue weighted by Crippen LogP contribution is -2.47. The van der Waals surface area contributed by atoms with Crippen molar-refractivity contribution in [1.29, 1.82) is 0 Å². The van der Waals surface area contributed by atoms with Gasteiger partial charge in [0, 0.05) is 17.9 Å². The fourth-order valence-electron chi connectivity index (χ4n) is 3.23. The third-order valence-electron chi connectivity index (χ3n) is 5.52. The molecule has 0 aliphatic carbocycles. The van der Waals surface area contributed by atoms with Crippen molar-refractivity contribution in [2.75, 3.05) is 0 Å². The van der Waals surface area contributed by atoms with E-state index in [-0.39, 0.29) is 23.7 Å². The number of hydrogen-bond donors (Lipinski definition) is 5. The smallest absolute Gasteiger partial charge is 0.298 e. The molecule has 1 heterocycles. The van der Waals surface area contributed by atoms with Crippen molar-refractivity contribution in [3.05, 3.63) is 47.3 Å². The summed E-state index contributed by atoms with van der Waals surface area (Å²) in [6, 6.07) is 0. The first-order chi connectivity index (χ1) is 14.4. The van der Waals surface area contributed by atoms with Gasteiger partial charge < -0.3 is 30.3 Å². The van der Waals surface area contributed by atoms with Crippen LogP contribution in [0.2, 0.25) is 0 Å². The molecule has 0 saturated heterocycles. The lowest BCUT2D eigenvalue weighted by atomic mass is 9.96. The molecule has 0 saturated carbocycles. The molecule has 1 rings (SSSR count). The van der Waals surface area contributed by atoms with E-state index in [4.69, 9.17) is 4.74 Å². The molecule has 0 spiro atoms. The Morgan fingerprint density at radius 1 is 1.16 bits per heavy atom. The Balaban J connectivity index is 2.46. The number of ketones is 1. The van der Waals surface area contributed by atoms with E-state index < -0.39 is 36.0 Å². The normalized spacial score (nSPS) is 25.2. The summed E-state index contributed by atoms with van der Waals surface area (Å²) in [5.74, 6) is -2.87. The Kier molecular flexibility index (Phi) is 10.8. The Labute approximate surface area is 185 Å². The van der Waals surface area contributed by atoms with Gasteiger partial charge in [-0.1, -0.05) is 44.2 Å². The number of ether oxygens (including phenoxy) is 1. The first-order valence-corrected chi connectivity index (χ1v) is 10.8. The number of aliphatic hydroxyl groups excluding tert-OH is 4. The molecule has 7 nitrogen and oxygen atoms in total. The Bertz CT molecular complexity index is 719. The molecule has 1 aliphatic rings. The van der Waals surface area contributed by atoms with Crippen LogP contribution in [0.3, 0.4) is 0 Å². The summed E-state index contributed by atoms with van der Waals surface area (Å²) in [5, 5.41) is 49.9. The molecule has 0 unspecified atom stereocenters. The lowest BCUT2D eigenvalue weighted by Gasteiger charge is -2.25. The van der Waals surface area contributed by atoms with Gasteiger partial charge in [0.2, 0.25) is 5.78 Å². The van der Waals surface area contributed by atoms with Crippen LogP contribution in [-0.2, 0) is 9.53 Å². The van der Waals surface area contributed by atoms with Gasteiger partial charge in [0.05, 0.1) is 18.3 Å². The van der Waals surface area contributed by atoms with Gasteiger partial charge in [-0.3, -0.25) is 4.79 Å². The van der Waals surface area contributed by atoms with Crippen LogP contribution in [0.25, 0.3) is 0 Å². The summed E-state index contributed by atoms with van der Waals surface area (Å²) in [6.07, 6.45) is 7.44. The molecule has 0 amide bonds.